The fraction of sp³-hybridized carbons (Fsp3) is 0.625. The normalized spacial score (nSPS) is 14.0. The van der Waals surface area contributed by atoms with Crippen LogP contribution in [0.4, 0.5) is 0 Å². The molecule has 1 aromatic rings. The van der Waals surface area contributed by atoms with Crippen LogP contribution in [-0.2, 0) is 11.2 Å². The van der Waals surface area contributed by atoms with Crippen LogP contribution in [0.2, 0.25) is 0 Å². The third-order valence-electron chi connectivity index (χ3n) is 2.88. The predicted octanol–water partition coefficient (Wildman–Crippen LogP) is 2.13. The van der Waals surface area contributed by atoms with Crippen LogP contribution < -0.4 is 10.5 Å². The van der Waals surface area contributed by atoms with E-state index in [-0.39, 0.29) is 12.6 Å². The van der Waals surface area contributed by atoms with E-state index in [2.05, 4.69) is 6.92 Å². The minimum Gasteiger partial charge on any atom is -0.491 e. The van der Waals surface area contributed by atoms with Crippen molar-refractivity contribution in [2.24, 2.45) is 5.73 Å². The fourth-order valence-electron chi connectivity index (χ4n) is 1.80. The van der Waals surface area contributed by atoms with Crippen LogP contribution in [0, 0.1) is 0 Å². The zero-order valence-electron chi connectivity index (χ0n) is 12.5. The molecule has 0 bridgehead atoms. The Bertz CT molecular complexity index is 351. The van der Waals surface area contributed by atoms with E-state index < -0.39 is 6.10 Å². The average molecular weight is 281 g/mol. The van der Waals surface area contributed by atoms with E-state index in [1.807, 2.05) is 31.2 Å². The summed E-state index contributed by atoms with van der Waals surface area (Å²) in [4.78, 5) is 0. The molecule has 0 aliphatic rings. The first-order chi connectivity index (χ1) is 9.61. The highest BCUT2D eigenvalue weighted by Gasteiger charge is 2.06. The number of aliphatic hydroxyl groups excluding tert-OH is 1. The zero-order chi connectivity index (χ0) is 14.8. The molecular formula is C16H27NO3. The second-order valence-electron chi connectivity index (χ2n) is 5.22. The zero-order valence-corrected chi connectivity index (χ0v) is 12.5. The lowest BCUT2D eigenvalue weighted by Crippen LogP contribution is -2.23. The van der Waals surface area contributed by atoms with Crippen LogP contribution in [0.3, 0.4) is 0 Å². The van der Waals surface area contributed by atoms with Gasteiger partial charge in [-0.25, -0.2) is 0 Å². The van der Waals surface area contributed by atoms with E-state index >= 15 is 0 Å². The van der Waals surface area contributed by atoms with Gasteiger partial charge < -0.3 is 20.3 Å². The van der Waals surface area contributed by atoms with Gasteiger partial charge in [0.2, 0.25) is 0 Å². The van der Waals surface area contributed by atoms with Crippen molar-refractivity contribution in [3.05, 3.63) is 29.8 Å². The predicted molar refractivity (Wildman–Crippen MR) is 81.0 cm³/mol. The summed E-state index contributed by atoms with van der Waals surface area (Å²) in [6.07, 6.45) is 2.39. The van der Waals surface area contributed by atoms with Crippen LogP contribution >= 0.6 is 0 Å². The molecule has 0 spiro atoms. The minimum absolute atomic E-state index is 0.156. The summed E-state index contributed by atoms with van der Waals surface area (Å²) in [7, 11) is 0. The van der Waals surface area contributed by atoms with Gasteiger partial charge in [-0.15, -0.1) is 0 Å². The molecule has 2 atom stereocenters. The highest BCUT2D eigenvalue weighted by atomic mass is 16.5. The number of rotatable bonds is 10. The van der Waals surface area contributed by atoms with Crippen LogP contribution in [0.5, 0.6) is 5.75 Å². The number of hydrogen-bond donors (Lipinski definition) is 2. The van der Waals surface area contributed by atoms with E-state index in [9.17, 15) is 5.11 Å². The first-order valence-electron chi connectivity index (χ1n) is 7.35. The van der Waals surface area contributed by atoms with Gasteiger partial charge >= 0.3 is 0 Å². The molecule has 114 valence electrons. The van der Waals surface area contributed by atoms with Gasteiger partial charge in [0.05, 0.1) is 6.61 Å². The molecule has 0 aliphatic heterocycles. The summed E-state index contributed by atoms with van der Waals surface area (Å²) >= 11 is 0. The molecule has 0 aromatic heterocycles. The maximum absolute atomic E-state index is 9.72. The van der Waals surface area contributed by atoms with Crippen molar-refractivity contribution in [3.63, 3.8) is 0 Å². The number of benzene rings is 1. The van der Waals surface area contributed by atoms with Crippen molar-refractivity contribution >= 4 is 0 Å². The van der Waals surface area contributed by atoms with Gasteiger partial charge in [-0.05, 0) is 37.5 Å². The Morgan fingerprint density at radius 3 is 2.50 bits per heavy atom. The van der Waals surface area contributed by atoms with Gasteiger partial charge in [0.15, 0.2) is 0 Å². The van der Waals surface area contributed by atoms with Gasteiger partial charge in [0.1, 0.15) is 18.5 Å². The third-order valence-corrected chi connectivity index (χ3v) is 2.88. The third kappa shape index (κ3) is 7.48. The average Bonchev–Trinajstić information content (AvgIpc) is 2.42. The first kappa shape index (κ1) is 17.0. The Balaban J connectivity index is 2.23. The number of hydrogen-bond acceptors (Lipinski definition) is 4. The largest absolute Gasteiger partial charge is 0.491 e. The molecule has 0 amide bonds. The quantitative estimate of drug-likeness (QED) is 0.645. The molecule has 3 N–H and O–H groups in total. The summed E-state index contributed by atoms with van der Waals surface area (Å²) in [6.45, 7) is 5.36. The number of aliphatic hydroxyl groups is 1. The second-order valence-corrected chi connectivity index (χ2v) is 5.22. The van der Waals surface area contributed by atoms with Gasteiger partial charge in [0.25, 0.3) is 0 Å². The molecule has 0 heterocycles. The maximum atomic E-state index is 9.72. The van der Waals surface area contributed by atoms with Gasteiger partial charge in [0, 0.05) is 12.6 Å². The molecule has 2 unspecified atom stereocenters. The van der Waals surface area contributed by atoms with Crippen molar-refractivity contribution in [2.45, 2.75) is 45.3 Å². The summed E-state index contributed by atoms with van der Waals surface area (Å²) in [5.74, 6) is 0.756. The highest BCUT2D eigenvalue weighted by molar-refractivity contribution is 5.27. The van der Waals surface area contributed by atoms with Gasteiger partial charge in [-0.2, -0.15) is 0 Å². The molecule has 4 heteroatoms. The first-order valence-corrected chi connectivity index (χ1v) is 7.35. The molecule has 0 saturated heterocycles. The van der Waals surface area contributed by atoms with Crippen molar-refractivity contribution in [1.82, 2.24) is 0 Å². The monoisotopic (exact) mass is 281 g/mol. The molecule has 0 radical (unpaired) electrons. The van der Waals surface area contributed by atoms with Crippen molar-refractivity contribution in [3.8, 4) is 5.75 Å². The lowest BCUT2D eigenvalue weighted by atomic mass is 10.1. The Morgan fingerprint density at radius 2 is 1.90 bits per heavy atom. The van der Waals surface area contributed by atoms with Crippen molar-refractivity contribution < 1.29 is 14.6 Å². The summed E-state index contributed by atoms with van der Waals surface area (Å²) in [6, 6.07) is 7.97. The Hall–Kier alpha value is -1.10. The van der Waals surface area contributed by atoms with E-state index in [1.165, 1.54) is 5.56 Å². The summed E-state index contributed by atoms with van der Waals surface area (Å²) < 4.78 is 10.9. The number of unbranched alkanes of at least 4 members (excludes halogenated alkanes) is 1. The second kappa shape index (κ2) is 9.75. The van der Waals surface area contributed by atoms with Crippen LogP contribution in [0.1, 0.15) is 32.3 Å². The summed E-state index contributed by atoms with van der Waals surface area (Å²) in [5, 5.41) is 9.72. The minimum atomic E-state index is -0.587. The lowest BCUT2D eigenvalue weighted by molar-refractivity contribution is 0.0113. The van der Waals surface area contributed by atoms with Crippen LogP contribution in [-0.4, -0.2) is 37.1 Å². The number of nitrogens with two attached hydrogens (primary N) is 1. The van der Waals surface area contributed by atoms with E-state index in [0.717, 1.165) is 25.0 Å². The number of ether oxygens (including phenoxy) is 2. The lowest BCUT2D eigenvalue weighted by Gasteiger charge is -2.13. The van der Waals surface area contributed by atoms with Crippen LogP contribution in [0.25, 0.3) is 0 Å². The molecule has 0 fully saturated rings. The molecule has 1 aromatic carbocycles. The molecule has 20 heavy (non-hydrogen) atoms. The van der Waals surface area contributed by atoms with Gasteiger partial charge in [-0.1, -0.05) is 25.5 Å². The molecule has 4 nitrogen and oxygen atoms in total. The molecule has 1 rings (SSSR count). The fourth-order valence-corrected chi connectivity index (χ4v) is 1.80. The molecule has 0 aliphatic carbocycles. The maximum Gasteiger partial charge on any atom is 0.119 e. The van der Waals surface area contributed by atoms with E-state index in [4.69, 9.17) is 15.2 Å². The Morgan fingerprint density at radius 1 is 1.20 bits per heavy atom. The topological polar surface area (TPSA) is 64.7 Å². The molecular weight excluding hydrogens is 254 g/mol. The Labute approximate surface area is 121 Å². The van der Waals surface area contributed by atoms with E-state index in [0.29, 0.717) is 13.2 Å². The van der Waals surface area contributed by atoms with Crippen molar-refractivity contribution in [1.29, 1.82) is 0 Å². The smallest absolute Gasteiger partial charge is 0.119 e. The standard InChI is InChI=1S/C16H27NO3/c1-3-4-9-19-11-15(18)12-20-16-7-5-14(6-8-16)10-13(2)17/h5-8,13,15,18H,3-4,9-12,17H2,1-2H3. The Kier molecular flexibility index (Phi) is 8.26. The van der Waals surface area contributed by atoms with Crippen LogP contribution in [0.15, 0.2) is 24.3 Å². The molecule has 0 saturated carbocycles. The van der Waals surface area contributed by atoms with Crippen molar-refractivity contribution in [2.75, 3.05) is 19.8 Å². The van der Waals surface area contributed by atoms with E-state index in [1.54, 1.807) is 0 Å². The summed E-state index contributed by atoms with van der Waals surface area (Å²) in [5.41, 5.74) is 6.94. The highest BCUT2D eigenvalue weighted by Crippen LogP contribution is 2.13. The van der Waals surface area contributed by atoms with Gasteiger partial charge in [-0.3, -0.25) is 0 Å². The SMILES string of the molecule is CCCCOCC(O)COc1ccc(CC(C)N)cc1.